The van der Waals surface area contributed by atoms with Crippen LogP contribution in [0.25, 0.3) is 0 Å². The quantitative estimate of drug-likeness (QED) is 0.856. The average molecular weight is 395 g/mol. The van der Waals surface area contributed by atoms with Gasteiger partial charge in [-0.15, -0.1) is 0 Å². The lowest BCUT2D eigenvalue weighted by Crippen LogP contribution is -2.15. The zero-order chi connectivity index (χ0) is 16.5. The van der Waals surface area contributed by atoms with Crippen LogP contribution < -0.4 is 4.72 Å². The van der Waals surface area contributed by atoms with Crippen molar-refractivity contribution in [2.45, 2.75) is 18.0 Å². The van der Waals surface area contributed by atoms with E-state index >= 15 is 0 Å². The van der Waals surface area contributed by atoms with Crippen molar-refractivity contribution in [1.82, 2.24) is 4.98 Å². The molecule has 0 aliphatic heterocycles. The molecule has 0 bridgehead atoms. The Balaban J connectivity index is 2.31. The predicted molar refractivity (Wildman–Crippen MR) is 78.9 cm³/mol. The zero-order valence-corrected chi connectivity index (χ0v) is 13.6. The Morgan fingerprint density at radius 3 is 2.41 bits per heavy atom. The van der Waals surface area contributed by atoms with Crippen molar-refractivity contribution in [2.75, 3.05) is 4.72 Å². The van der Waals surface area contributed by atoms with Gasteiger partial charge in [-0.25, -0.2) is 13.4 Å². The van der Waals surface area contributed by atoms with Gasteiger partial charge in [0.05, 0.1) is 10.5 Å². The third-order valence-electron chi connectivity index (χ3n) is 2.77. The van der Waals surface area contributed by atoms with E-state index in [1.165, 1.54) is 6.07 Å². The normalized spacial score (nSPS) is 12.2. The number of aromatic nitrogens is 1. The molecule has 0 unspecified atom stereocenters. The number of hydrogen-bond donors (Lipinski definition) is 1. The number of pyridine rings is 1. The molecule has 2 aromatic rings. The van der Waals surface area contributed by atoms with Crippen molar-refractivity contribution in [3.8, 4) is 0 Å². The molecule has 22 heavy (non-hydrogen) atoms. The molecule has 0 spiro atoms. The smallest absolute Gasteiger partial charge is 0.263 e. The molecule has 9 heteroatoms. The Morgan fingerprint density at radius 2 is 1.86 bits per heavy atom. The molecule has 0 saturated heterocycles. The second kappa shape index (κ2) is 5.88. The molecular weight excluding hydrogens is 385 g/mol. The van der Waals surface area contributed by atoms with Gasteiger partial charge in [-0.3, -0.25) is 4.72 Å². The van der Waals surface area contributed by atoms with Crippen LogP contribution in [0.3, 0.4) is 0 Å². The highest BCUT2D eigenvalue weighted by Crippen LogP contribution is 2.29. The molecule has 1 heterocycles. The molecule has 1 N–H and O–H groups in total. The first-order chi connectivity index (χ1) is 10.1. The van der Waals surface area contributed by atoms with Gasteiger partial charge >= 0.3 is 6.18 Å². The van der Waals surface area contributed by atoms with Gasteiger partial charge < -0.3 is 0 Å². The van der Waals surface area contributed by atoms with Crippen LogP contribution in [-0.2, 0) is 16.2 Å². The molecule has 1 aromatic heterocycles. The summed E-state index contributed by atoms with van der Waals surface area (Å²) in [5.74, 6) is -0.188. The lowest BCUT2D eigenvalue weighted by atomic mass is 10.2. The molecule has 0 amide bonds. The highest BCUT2D eigenvalue weighted by Gasteiger charge is 2.30. The van der Waals surface area contributed by atoms with Gasteiger partial charge in [0.15, 0.2) is 0 Å². The minimum Gasteiger partial charge on any atom is -0.263 e. The second-order valence-corrected chi connectivity index (χ2v) is 7.01. The van der Waals surface area contributed by atoms with Crippen molar-refractivity contribution >= 4 is 31.8 Å². The number of nitrogens with one attached hydrogen (secondary N) is 1. The number of hydrogen-bond acceptors (Lipinski definition) is 3. The Kier molecular flexibility index (Phi) is 4.48. The van der Waals surface area contributed by atoms with Crippen molar-refractivity contribution in [3.05, 3.63) is 52.1 Å². The zero-order valence-electron chi connectivity index (χ0n) is 11.1. The van der Waals surface area contributed by atoms with Gasteiger partial charge in [0.25, 0.3) is 10.0 Å². The Bertz CT molecular complexity index is 790. The first kappa shape index (κ1) is 16.8. The van der Waals surface area contributed by atoms with Gasteiger partial charge in [0.1, 0.15) is 5.82 Å². The third-order valence-corrected chi connectivity index (χ3v) is 4.76. The SMILES string of the molecule is Cc1ccc(Br)cc1S(=O)(=O)Nc1ccc(C(F)(F)F)cn1. The topological polar surface area (TPSA) is 59.1 Å². The van der Waals surface area contributed by atoms with Crippen LogP contribution in [0.2, 0.25) is 0 Å². The molecule has 0 aliphatic carbocycles. The van der Waals surface area contributed by atoms with Crippen LogP contribution in [0.4, 0.5) is 19.0 Å². The highest BCUT2D eigenvalue weighted by atomic mass is 79.9. The molecule has 4 nitrogen and oxygen atoms in total. The van der Waals surface area contributed by atoms with Gasteiger partial charge in [-0.05, 0) is 36.8 Å². The minimum absolute atomic E-state index is 0.0172. The van der Waals surface area contributed by atoms with E-state index in [0.717, 1.165) is 12.1 Å². The molecule has 0 fully saturated rings. The van der Waals surface area contributed by atoms with E-state index in [-0.39, 0.29) is 10.7 Å². The van der Waals surface area contributed by atoms with E-state index in [0.29, 0.717) is 16.2 Å². The second-order valence-electron chi connectivity index (χ2n) is 4.45. The third kappa shape index (κ3) is 3.77. The number of benzene rings is 1. The Morgan fingerprint density at radius 1 is 1.18 bits per heavy atom. The average Bonchev–Trinajstić information content (AvgIpc) is 2.40. The highest BCUT2D eigenvalue weighted by molar-refractivity contribution is 9.10. The number of sulfonamides is 1. The predicted octanol–water partition coefficient (Wildman–Crippen LogP) is 3.97. The summed E-state index contributed by atoms with van der Waals surface area (Å²) in [4.78, 5) is 3.50. The van der Waals surface area contributed by atoms with Crippen molar-refractivity contribution in [1.29, 1.82) is 0 Å². The van der Waals surface area contributed by atoms with Crippen LogP contribution in [0.5, 0.6) is 0 Å². The number of halogens is 4. The molecule has 118 valence electrons. The van der Waals surface area contributed by atoms with Gasteiger partial charge in [-0.2, -0.15) is 13.2 Å². The van der Waals surface area contributed by atoms with Crippen molar-refractivity contribution in [2.24, 2.45) is 0 Å². The maximum atomic E-state index is 12.4. The molecule has 0 saturated carbocycles. The number of nitrogens with zero attached hydrogens (tertiary/aromatic N) is 1. The summed E-state index contributed by atoms with van der Waals surface area (Å²) in [5, 5.41) is 0. The van der Waals surface area contributed by atoms with Crippen LogP contribution in [-0.4, -0.2) is 13.4 Å². The molecule has 0 aliphatic rings. The van der Waals surface area contributed by atoms with E-state index in [4.69, 9.17) is 0 Å². The van der Waals surface area contributed by atoms with Crippen LogP contribution in [0.15, 0.2) is 45.9 Å². The molecule has 2 rings (SSSR count). The summed E-state index contributed by atoms with van der Waals surface area (Å²) in [6, 6.07) is 6.43. The lowest BCUT2D eigenvalue weighted by Gasteiger charge is -2.11. The maximum Gasteiger partial charge on any atom is 0.417 e. The van der Waals surface area contributed by atoms with E-state index in [1.54, 1.807) is 19.1 Å². The molecule has 0 radical (unpaired) electrons. The monoisotopic (exact) mass is 394 g/mol. The van der Waals surface area contributed by atoms with Gasteiger partial charge in [0.2, 0.25) is 0 Å². The largest absolute Gasteiger partial charge is 0.417 e. The first-order valence-corrected chi connectivity index (χ1v) is 8.19. The van der Waals surface area contributed by atoms with Gasteiger partial charge in [-0.1, -0.05) is 22.0 Å². The van der Waals surface area contributed by atoms with E-state index in [1.807, 2.05) is 0 Å². The maximum absolute atomic E-state index is 12.4. The summed E-state index contributed by atoms with van der Waals surface area (Å²) in [6.45, 7) is 1.61. The molecule has 0 atom stereocenters. The minimum atomic E-state index is -4.52. The Hall–Kier alpha value is -1.61. The summed E-state index contributed by atoms with van der Waals surface area (Å²) in [7, 11) is -3.94. The molecular formula is C13H10BrF3N2O2S. The lowest BCUT2D eigenvalue weighted by molar-refractivity contribution is -0.137. The number of rotatable bonds is 3. The number of aryl methyl sites for hydroxylation is 1. The fourth-order valence-corrected chi connectivity index (χ4v) is 3.47. The molecule has 1 aromatic carbocycles. The van der Waals surface area contributed by atoms with Crippen LogP contribution in [0, 0.1) is 6.92 Å². The van der Waals surface area contributed by atoms with Crippen molar-refractivity contribution < 1.29 is 21.6 Å². The summed E-state index contributed by atoms with van der Waals surface area (Å²) >= 11 is 3.17. The summed E-state index contributed by atoms with van der Waals surface area (Å²) < 4.78 is 64.6. The first-order valence-electron chi connectivity index (χ1n) is 5.92. The van der Waals surface area contributed by atoms with E-state index in [9.17, 15) is 21.6 Å². The van der Waals surface area contributed by atoms with Crippen LogP contribution in [0.1, 0.15) is 11.1 Å². The summed E-state index contributed by atoms with van der Waals surface area (Å²) in [5.41, 5.74) is -0.448. The van der Waals surface area contributed by atoms with E-state index < -0.39 is 21.8 Å². The fraction of sp³-hybridized carbons (Fsp3) is 0.154. The fourth-order valence-electron chi connectivity index (χ4n) is 1.68. The van der Waals surface area contributed by atoms with E-state index in [2.05, 4.69) is 25.6 Å². The summed E-state index contributed by atoms with van der Waals surface area (Å²) in [6.07, 6.45) is -3.95. The van der Waals surface area contributed by atoms with Crippen LogP contribution >= 0.6 is 15.9 Å². The van der Waals surface area contributed by atoms with Crippen molar-refractivity contribution in [3.63, 3.8) is 0 Å². The van der Waals surface area contributed by atoms with Gasteiger partial charge in [0, 0.05) is 10.7 Å². The number of alkyl halides is 3. The number of anilines is 1. The standard InChI is InChI=1S/C13H10BrF3N2O2S/c1-8-2-4-10(14)6-11(8)22(20,21)19-12-5-3-9(7-18-12)13(15,16)17/h2-7H,1H3,(H,18,19). The Labute approximate surface area is 133 Å².